The van der Waals surface area contributed by atoms with Crippen molar-refractivity contribution in [3.05, 3.63) is 82.2 Å². The number of rotatable bonds is 6. The molecule has 4 aromatic rings. The van der Waals surface area contributed by atoms with Crippen LogP contribution in [0.2, 0.25) is 0 Å². The van der Waals surface area contributed by atoms with Crippen LogP contribution in [-0.2, 0) is 19.6 Å². The first-order valence-electron chi connectivity index (χ1n) is 10.8. The van der Waals surface area contributed by atoms with Crippen LogP contribution < -0.4 is 10.1 Å². The third-order valence-electron chi connectivity index (χ3n) is 5.52. The third-order valence-corrected chi connectivity index (χ3v) is 6.34. The van der Waals surface area contributed by atoms with Gasteiger partial charge in [0, 0.05) is 41.4 Å². The van der Waals surface area contributed by atoms with Gasteiger partial charge in [-0.3, -0.25) is 4.79 Å². The summed E-state index contributed by atoms with van der Waals surface area (Å²) in [5, 5.41) is 5.96. The molecule has 0 unspecified atom stereocenters. The number of aromatic nitrogens is 3. The number of nitrogens with zero attached hydrogens (tertiary/aromatic N) is 3. The lowest BCUT2D eigenvalue weighted by Gasteiger charge is -2.11. The Kier molecular flexibility index (Phi) is 5.73. The molecule has 1 aliphatic heterocycles. The second kappa shape index (κ2) is 8.96. The SMILES string of the molecule is Cc1nc(COc2ccc(C(=O)Nc3ccc(-c4cn5c(n4)CCCC5)cc3)cc2)cs1. The second-order valence-electron chi connectivity index (χ2n) is 7.90. The quantitative estimate of drug-likeness (QED) is 0.427. The molecule has 6 nitrogen and oxygen atoms in total. The highest BCUT2D eigenvalue weighted by molar-refractivity contribution is 7.09. The highest BCUT2D eigenvalue weighted by Crippen LogP contribution is 2.24. The van der Waals surface area contributed by atoms with Crippen molar-refractivity contribution in [3.63, 3.8) is 0 Å². The van der Waals surface area contributed by atoms with Crippen molar-refractivity contribution < 1.29 is 9.53 Å². The number of anilines is 1. The van der Waals surface area contributed by atoms with E-state index in [0.29, 0.717) is 17.9 Å². The molecule has 0 atom stereocenters. The van der Waals surface area contributed by atoms with Crippen LogP contribution in [-0.4, -0.2) is 20.4 Å². The van der Waals surface area contributed by atoms with Crippen molar-refractivity contribution >= 4 is 22.9 Å². The first kappa shape index (κ1) is 20.5. The summed E-state index contributed by atoms with van der Waals surface area (Å²) in [6.45, 7) is 3.44. The first-order valence-corrected chi connectivity index (χ1v) is 11.6. The highest BCUT2D eigenvalue weighted by Gasteiger charge is 2.13. The summed E-state index contributed by atoms with van der Waals surface area (Å²) in [7, 11) is 0. The minimum absolute atomic E-state index is 0.156. The van der Waals surface area contributed by atoms with E-state index in [2.05, 4.69) is 21.1 Å². The van der Waals surface area contributed by atoms with Gasteiger partial charge in [-0.15, -0.1) is 11.3 Å². The maximum absolute atomic E-state index is 12.6. The molecule has 0 bridgehead atoms. The fraction of sp³-hybridized carbons (Fsp3) is 0.240. The van der Waals surface area contributed by atoms with E-state index < -0.39 is 0 Å². The molecule has 0 fully saturated rings. The van der Waals surface area contributed by atoms with Gasteiger partial charge in [0.1, 0.15) is 18.2 Å². The largest absolute Gasteiger partial charge is 0.487 e. The van der Waals surface area contributed by atoms with E-state index in [9.17, 15) is 4.79 Å². The molecule has 0 spiro atoms. The fourth-order valence-corrected chi connectivity index (χ4v) is 4.41. The summed E-state index contributed by atoms with van der Waals surface area (Å²) in [4.78, 5) is 21.8. The standard InChI is InChI=1S/C25H24N4O2S/c1-17-26-21(16-32-17)15-31-22-11-7-19(8-12-22)25(30)27-20-9-5-18(6-10-20)23-14-29-13-3-2-4-24(29)28-23/h5-12,14,16H,2-4,13,15H2,1H3,(H,27,30). The number of hydrogen-bond donors (Lipinski definition) is 1. The van der Waals surface area contributed by atoms with Crippen LogP contribution >= 0.6 is 11.3 Å². The number of amides is 1. The lowest BCUT2D eigenvalue weighted by Crippen LogP contribution is -2.11. The summed E-state index contributed by atoms with van der Waals surface area (Å²) in [6.07, 6.45) is 5.59. The van der Waals surface area contributed by atoms with Gasteiger partial charge >= 0.3 is 0 Å². The Labute approximate surface area is 190 Å². The van der Waals surface area contributed by atoms with Gasteiger partial charge < -0.3 is 14.6 Å². The Morgan fingerprint density at radius 1 is 1.09 bits per heavy atom. The summed E-state index contributed by atoms with van der Waals surface area (Å²) in [5.74, 6) is 1.72. The molecule has 0 aliphatic carbocycles. The van der Waals surface area contributed by atoms with E-state index in [1.165, 1.54) is 12.8 Å². The number of thiazole rings is 1. The number of carbonyl (C=O) groups excluding carboxylic acids is 1. The van der Waals surface area contributed by atoms with Gasteiger partial charge in [-0.05, 0) is 56.2 Å². The molecule has 7 heteroatoms. The van der Waals surface area contributed by atoms with Crippen LogP contribution in [0.15, 0.2) is 60.1 Å². The second-order valence-corrected chi connectivity index (χ2v) is 8.96. The van der Waals surface area contributed by atoms with E-state index in [1.54, 1.807) is 35.6 Å². The average Bonchev–Trinajstić information content (AvgIpc) is 3.44. The van der Waals surface area contributed by atoms with Crippen molar-refractivity contribution in [2.45, 2.75) is 39.3 Å². The van der Waals surface area contributed by atoms with E-state index >= 15 is 0 Å². The van der Waals surface area contributed by atoms with Crippen LogP contribution in [0.25, 0.3) is 11.3 Å². The third kappa shape index (κ3) is 4.57. The van der Waals surface area contributed by atoms with Crippen LogP contribution in [0.5, 0.6) is 5.75 Å². The molecule has 2 aromatic carbocycles. The summed E-state index contributed by atoms with van der Waals surface area (Å²) in [6, 6.07) is 15.0. The molecular formula is C25H24N4O2S. The molecule has 1 amide bonds. The molecule has 1 aliphatic rings. The molecule has 1 N–H and O–H groups in total. The molecule has 0 saturated carbocycles. The Morgan fingerprint density at radius 2 is 1.91 bits per heavy atom. The number of imidazole rings is 1. The van der Waals surface area contributed by atoms with E-state index in [4.69, 9.17) is 9.72 Å². The number of carbonyl (C=O) groups is 1. The molecule has 162 valence electrons. The van der Waals surface area contributed by atoms with Crippen LogP contribution in [0, 0.1) is 6.92 Å². The predicted octanol–water partition coefficient (Wildman–Crippen LogP) is 5.48. The number of benzene rings is 2. The average molecular weight is 445 g/mol. The zero-order valence-corrected chi connectivity index (χ0v) is 18.7. The van der Waals surface area contributed by atoms with Crippen LogP contribution in [0.4, 0.5) is 5.69 Å². The topological polar surface area (TPSA) is 69.0 Å². The van der Waals surface area contributed by atoms with Gasteiger partial charge in [0.25, 0.3) is 5.91 Å². The summed E-state index contributed by atoms with van der Waals surface area (Å²) >= 11 is 1.60. The van der Waals surface area contributed by atoms with E-state index in [0.717, 1.165) is 46.4 Å². The number of nitrogens with one attached hydrogen (secondary N) is 1. The number of fused-ring (bicyclic) bond motifs is 1. The van der Waals surface area contributed by atoms with Crippen molar-refractivity contribution in [2.24, 2.45) is 0 Å². The van der Waals surface area contributed by atoms with Crippen molar-refractivity contribution in [1.82, 2.24) is 14.5 Å². The highest BCUT2D eigenvalue weighted by atomic mass is 32.1. The lowest BCUT2D eigenvalue weighted by molar-refractivity contribution is 0.102. The minimum Gasteiger partial charge on any atom is -0.487 e. The number of ether oxygens (including phenoxy) is 1. The van der Waals surface area contributed by atoms with Crippen LogP contribution in [0.3, 0.4) is 0 Å². The Morgan fingerprint density at radius 3 is 2.62 bits per heavy atom. The molecule has 3 heterocycles. The zero-order valence-electron chi connectivity index (χ0n) is 17.9. The van der Waals surface area contributed by atoms with Crippen molar-refractivity contribution in [2.75, 3.05) is 5.32 Å². The molecule has 2 aromatic heterocycles. The Hall–Kier alpha value is -3.45. The Bertz CT molecular complexity index is 1200. The zero-order chi connectivity index (χ0) is 21.9. The van der Waals surface area contributed by atoms with Gasteiger partial charge in [-0.25, -0.2) is 9.97 Å². The molecule has 32 heavy (non-hydrogen) atoms. The molecule has 0 radical (unpaired) electrons. The molecule has 0 saturated heterocycles. The summed E-state index contributed by atoms with van der Waals surface area (Å²) in [5.41, 5.74) is 4.29. The lowest BCUT2D eigenvalue weighted by atomic mass is 10.1. The maximum atomic E-state index is 12.6. The maximum Gasteiger partial charge on any atom is 0.255 e. The monoisotopic (exact) mass is 444 g/mol. The normalized spacial score (nSPS) is 12.9. The number of aryl methyl sites for hydroxylation is 3. The first-order chi connectivity index (χ1) is 15.6. The Balaban J connectivity index is 1.19. The van der Waals surface area contributed by atoms with Crippen molar-refractivity contribution in [1.29, 1.82) is 0 Å². The van der Waals surface area contributed by atoms with Gasteiger partial charge in [-0.2, -0.15) is 0 Å². The van der Waals surface area contributed by atoms with Crippen molar-refractivity contribution in [3.8, 4) is 17.0 Å². The summed E-state index contributed by atoms with van der Waals surface area (Å²) < 4.78 is 8.00. The van der Waals surface area contributed by atoms with E-state index in [-0.39, 0.29) is 5.91 Å². The number of hydrogen-bond acceptors (Lipinski definition) is 5. The fourth-order valence-electron chi connectivity index (χ4n) is 3.81. The van der Waals surface area contributed by atoms with E-state index in [1.807, 2.05) is 36.6 Å². The smallest absolute Gasteiger partial charge is 0.255 e. The van der Waals surface area contributed by atoms with Gasteiger partial charge in [0.2, 0.25) is 0 Å². The predicted molar refractivity (Wildman–Crippen MR) is 126 cm³/mol. The minimum atomic E-state index is -0.156. The van der Waals surface area contributed by atoms with Gasteiger partial charge in [-0.1, -0.05) is 12.1 Å². The molecule has 5 rings (SSSR count). The van der Waals surface area contributed by atoms with Gasteiger partial charge in [0.15, 0.2) is 0 Å². The molecular weight excluding hydrogens is 420 g/mol. The van der Waals surface area contributed by atoms with Gasteiger partial charge in [0.05, 0.1) is 16.4 Å². The van der Waals surface area contributed by atoms with Crippen LogP contribution in [0.1, 0.15) is 39.7 Å².